The maximum Gasteiger partial charge on any atom is 0.307 e. The third kappa shape index (κ3) is 6.27. The number of nitro benzene ring substituents is 1. The smallest absolute Gasteiger partial charge is 0.307 e. The third-order valence-electron chi connectivity index (χ3n) is 3.18. The number of sulfonamides is 1. The van der Waals surface area contributed by atoms with Gasteiger partial charge in [-0.25, -0.2) is 13.1 Å². The number of rotatable bonds is 9. The zero-order valence-electron chi connectivity index (χ0n) is 14.1. The first-order valence-electron chi connectivity index (χ1n) is 7.61. The maximum atomic E-state index is 11.9. The normalized spacial score (nSPS) is 11.0. The van der Waals surface area contributed by atoms with Crippen LogP contribution in [-0.2, 0) is 24.3 Å². The summed E-state index contributed by atoms with van der Waals surface area (Å²) in [7, 11) is -3.69. The number of hydrogen-bond acceptors (Lipinski definition) is 8. The Hall–Kier alpha value is -2.54. The minimum Gasteiger partial charge on any atom is -0.456 e. The van der Waals surface area contributed by atoms with Gasteiger partial charge in [-0.3, -0.25) is 19.7 Å². The molecule has 0 fully saturated rings. The van der Waals surface area contributed by atoms with E-state index < -0.39 is 33.4 Å². The topological polar surface area (TPSA) is 145 Å². The lowest BCUT2D eigenvalue weighted by molar-refractivity contribution is -0.384. The van der Waals surface area contributed by atoms with Crippen molar-refractivity contribution in [3.63, 3.8) is 0 Å². The van der Waals surface area contributed by atoms with Crippen LogP contribution >= 0.6 is 22.9 Å². The van der Waals surface area contributed by atoms with Crippen LogP contribution in [0.2, 0.25) is 5.02 Å². The third-order valence-corrected chi connectivity index (χ3v) is 6.37. The standard InChI is InChI=1S/C15H14ClN3O7S2/c16-11-4-3-10(19(22)23)8-12(11)18-13(20)9-26-14(21)5-6-17-28(24,25)15-2-1-7-27-15/h1-4,7-8,17H,5-6,9H2,(H,18,20). The molecule has 150 valence electrons. The largest absolute Gasteiger partial charge is 0.456 e. The van der Waals surface area contributed by atoms with Crippen LogP contribution in [0.25, 0.3) is 0 Å². The Morgan fingerprint density at radius 2 is 2.04 bits per heavy atom. The Morgan fingerprint density at radius 1 is 1.29 bits per heavy atom. The Kier molecular flexibility index (Phi) is 7.45. The van der Waals surface area contributed by atoms with Crippen molar-refractivity contribution < 1.29 is 27.7 Å². The Morgan fingerprint density at radius 3 is 2.68 bits per heavy atom. The van der Waals surface area contributed by atoms with Crippen molar-refractivity contribution in [1.82, 2.24) is 4.72 Å². The number of benzene rings is 1. The number of nitro groups is 1. The molecule has 1 amide bonds. The molecule has 0 spiro atoms. The van der Waals surface area contributed by atoms with Gasteiger partial charge in [0.25, 0.3) is 11.6 Å². The van der Waals surface area contributed by atoms with Gasteiger partial charge in [0.1, 0.15) is 4.21 Å². The van der Waals surface area contributed by atoms with Crippen LogP contribution in [0, 0.1) is 10.1 Å². The minimum absolute atomic E-state index is 0.000577. The molecule has 0 saturated carbocycles. The Balaban J connectivity index is 1.77. The molecular weight excluding hydrogens is 434 g/mol. The van der Waals surface area contributed by atoms with E-state index in [2.05, 4.69) is 10.0 Å². The van der Waals surface area contributed by atoms with Gasteiger partial charge < -0.3 is 10.1 Å². The summed E-state index contributed by atoms with van der Waals surface area (Å²) in [5, 5.41) is 14.7. The molecule has 1 aromatic carbocycles. The molecular formula is C15H14ClN3O7S2. The summed E-state index contributed by atoms with van der Waals surface area (Å²) in [5.74, 6) is -1.55. The van der Waals surface area contributed by atoms with E-state index in [0.29, 0.717) is 0 Å². The average Bonchev–Trinajstić information content (AvgIpc) is 3.17. The van der Waals surface area contributed by atoms with Crippen LogP contribution in [0.3, 0.4) is 0 Å². The molecule has 0 aliphatic heterocycles. The number of anilines is 1. The highest BCUT2D eigenvalue weighted by Gasteiger charge is 2.16. The molecule has 0 radical (unpaired) electrons. The average molecular weight is 448 g/mol. The first kappa shape index (κ1) is 21.8. The number of thiophene rings is 1. The van der Waals surface area contributed by atoms with E-state index in [4.69, 9.17) is 16.3 Å². The van der Waals surface area contributed by atoms with E-state index in [0.717, 1.165) is 17.4 Å². The van der Waals surface area contributed by atoms with Crippen molar-refractivity contribution in [1.29, 1.82) is 0 Å². The van der Waals surface area contributed by atoms with Gasteiger partial charge in [-0.2, -0.15) is 0 Å². The van der Waals surface area contributed by atoms with Gasteiger partial charge in [-0.15, -0.1) is 11.3 Å². The van der Waals surface area contributed by atoms with Crippen molar-refractivity contribution in [2.75, 3.05) is 18.5 Å². The fourth-order valence-corrected chi connectivity index (χ4v) is 4.14. The van der Waals surface area contributed by atoms with Crippen molar-refractivity contribution in [2.45, 2.75) is 10.6 Å². The van der Waals surface area contributed by atoms with Gasteiger partial charge in [0.15, 0.2) is 6.61 Å². The summed E-state index contributed by atoms with van der Waals surface area (Å²) in [6.45, 7) is -0.854. The number of nitrogens with zero attached hydrogens (tertiary/aromatic N) is 1. The SMILES string of the molecule is O=C(COC(=O)CCNS(=O)(=O)c1cccs1)Nc1cc([N+](=O)[O-])ccc1Cl. The summed E-state index contributed by atoms with van der Waals surface area (Å²) in [5.41, 5.74) is -0.268. The van der Waals surface area contributed by atoms with E-state index in [1.165, 1.54) is 18.2 Å². The second-order valence-corrected chi connectivity index (χ2v) is 8.56. The second-order valence-electron chi connectivity index (χ2n) is 5.21. The first-order chi connectivity index (χ1) is 13.2. The number of amides is 1. The summed E-state index contributed by atoms with van der Waals surface area (Å²) in [6, 6.07) is 6.51. The Labute approximate surface area is 168 Å². The summed E-state index contributed by atoms with van der Waals surface area (Å²) >= 11 is 6.89. The van der Waals surface area contributed by atoms with E-state index >= 15 is 0 Å². The predicted molar refractivity (Wildman–Crippen MR) is 102 cm³/mol. The Bertz CT molecular complexity index is 978. The van der Waals surface area contributed by atoms with Gasteiger partial charge in [-0.1, -0.05) is 17.7 Å². The second kappa shape index (κ2) is 9.59. The van der Waals surface area contributed by atoms with E-state index in [-0.39, 0.29) is 33.6 Å². The number of esters is 1. The monoisotopic (exact) mass is 447 g/mol. The number of hydrogen-bond donors (Lipinski definition) is 2. The molecule has 0 saturated heterocycles. The zero-order chi connectivity index (χ0) is 20.7. The fraction of sp³-hybridized carbons (Fsp3) is 0.200. The zero-order valence-corrected chi connectivity index (χ0v) is 16.5. The highest BCUT2D eigenvalue weighted by Crippen LogP contribution is 2.26. The first-order valence-corrected chi connectivity index (χ1v) is 10.4. The number of halogens is 1. The number of carbonyl (C=O) groups excluding carboxylic acids is 2. The van der Waals surface area contributed by atoms with Crippen LogP contribution in [0.15, 0.2) is 39.9 Å². The van der Waals surface area contributed by atoms with E-state index in [1.54, 1.807) is 11.4 Å². The van der Waals surface area contributed by atoms with Crippen molar-refractivity contribution >= 4 is 56.2 Å². The summed E-state index contributed by atoms with van der Waals surface area (Å²) < 4.78 is 30.9. The van der Waals surface area contributed by atoms with Gasteiger partial charge in [0.05, 0.1) is 22.1 Å². The molecule has 13 heteroatoms. The maximum absolute atomic E-state index is 11.9. The quantitative estimate of drug-likeness (QED) is 0.340. The van der Waals surface area contributed by atoms with Gasteiger partial charge in [-0.05, 0) is 17.5 Å². The van der Waals surface area contributed by atoms with E-state index in [9.17, 15) is 28.1 Å². The molecule has 0 bridgehead atoms. The van der Waals surface area contributed by atoms with Crippen LogP contribution < -0.4 is 10.0 Å². The lowest BCUT2D eigenvalue weighted by atomic mass is 10.3. The van der Waals surface area contributed by atoms with Crippen molar-refractivity contribution in [3.8, 4) is 0 Å². The molecule has 0 atom stereocenters. The molecule has 2 N–H and O–H groups in total. The molecule has 0 aliphatic rings. The van der Waals surface area contributed by atoms with Crippen LogP contribution in [0.4, 0.5) is 11.4 Å². The molecule has 28 heavy (non-hydrogen) atoms. The number of carbonyl (C=O) groups is 2. The number of ether oxygens (including phenoxy) is 1. The number of non-ortho nitro benzene ring substituents is 1. The highest BCUT2D eigenvalue weighted by atomic mass is 35.5. The molecule has 0 unspecified atom stereocenters. The van der Waals surface area contributed by atoms with Crippen molar-refractivity contribution in [3.05, 3.63) is 50.8 Å². The lowest BCUT2D eigenvalue weighted by Gasteiger charge is -2.08. The number of nitrogens with one attached hydrogen (secondary N) is 2. The summed E-state index contributed by atoms with van der Waals surface area (Å²) in [6.07, 6.45) is -0.282. The lowest BCUT2D eigenvalue weighted by Crippen LogP contribution is -2.27. The van der Waals surface area contributed by atoms with Crippen molar-refractivity contribution in [2.24, 2.45) is 0 Å². The molecule has 1 heterocycles. The van der Waals surface area contributed by atoms with Crippen LogP contribution in [-0.4, -0.2) is 38.4 Å². The van der Waals surface area contributed by atoms with Crippen LogP contribution in [0.5, 0.6) is 0 Å². The van der Waals surface area contributed by atoms with Gasteiger partial charge >= 0.3 is 5.97 Å². The predicted octanol–water partition coefficient (Wildman–Crippen LogP) is 2.16. The van der Waals surface area contributed by atoms with E-state index in [1.807, 2.05) is 0 Å². The highest BCUT2D eigenvalue weighted by molar-refractivity contribution is 7.91. The van der Waals surface area contributed by atoms with Crippen LogP contribution in [0.1, 0.15) is 6.42 Å². The molecule has 0 aliphatic carbocycles. The minimum atomic E-state index is -3.69. The molecule has 2 rings (SSSR count). The summed E-state index contributed by atoms with van der Waals surface area (Å²) in [4.78, 5) is 33.5. The molecule has 1 aromatic heterocycles. The van der Waals surface area contributed by atoms with Gasteiger partial charge in [0, 0.05) is 18.7 Å². The van der Waals surface area contributed by atoms with Gasteiger partial charge in [0.2, 0.25) is 10.0 Å². The molecule has 10 nitrogen and oxygen atoms in total. The molecule has 2 aromatic rings. The fourth-order valence-electron chi connectivity index (χ4n) is 1.90.